The lowest BCUT2D eigenvalue weighted by Crippen LogP contribution is -1.95. The number of hydrogen-bond acceptors (Lipinski definition) is 5. The normalized spacial score (nSPS) is 11.0. The van der Waals surface area contributed by atoms with Gasteiger partial charge >= 0.3 is 0 Å². The van der Waals surface area contributed by atoms with Gasteiger partial charge in [-0.05, 0) is 24.3 Å². The molecule has 0 saturated carbocycles. The Bertz CT molecular complexity index is 721. The fraction of sp³-hybridized carbons (Fsp3) is 0.176. The van der Waals surface area contributed by atoms with Crippen molar-refractivity contribution in [2.24, 2.45) is 0 Å². The molecule has 0 spiro atoms. The third-order valence-corrected chi connectivity index (χ3v) is 3.41. The van der Waals surface area contributed by atoms with Crippen LogP contribution in [0.4, 0.5) is 0 Å². The third kappa shape index (κ3) is 4.02. The van der Waals surface area contributed by atoms with Crippen molar-refractivity contribution in [3.8, 4) is 11.5 Å². The fourth-order valence-corrected chi connectivity index (χ4v) is 2.19. The molecule has 23 heavy (non-hydrogen) atoms. The molecule has 0 fully saturated rings. The minimum absolute atomic E-state index is 0.256. The van der Waals surface area contributed by atoms with Gasteiger partial charge in [0.15, 0.2) is 6.29 Å². The van der Waals surface area contributed by atoms with E-state index in [1.165, 1.54) is 12.3 Å². The summed E-state index contributed by atoms with van der Waals surface area (Å²) in [6.07, 6.45) is 3.95. The van der Waals surface area contributed by atoms with Gasteiger partial charge in [0, 0.05) is 29.0 Å². The van der Waals surface area contributed by atoms with Crippen LogP contribution in [0.1, 0.15) is 21.5 Å². The maximum atomic E-state index is 11.2. The molecule has 0 N–H and O–H groups in total. The first-order valence-electron chi connectivity index (χ1n) is 6.71. The largest absolute Gasteiger partial charge is 0.497 e. The first-order valence-corrected chi connectivity index (χ1v) is 7.09. The average Bonchev–Trinajstić information content (AvgIpc) is 2.59. The van der Waals surface area contributed by atoms with Crippen molar-refractivity contribution >= 4 is 29.7 Å². The minimum Gasteiger partial charge on any atom is -0.497 e. The van der Waals surface area contributed by atoms with Gasteiger partial charge in [0.2, 0.25) is 0 Å². The van der Waals surface area contributed by atoms with Gasteiger partial charge in [-0.3, -0.25) is 4.79 Å². The van der Waals surface area contributed by atoms with E-state index in [4.69, 9.17) is 25.8 Å². The molecule has 1 aromatic heterocycles. The topological polar surface area (TPSA) is 57.7 Å². The van der Waals surface area contributed by atoms with Crippen LogP contribution in [0.2, 0.25) is 5.15 Å². The molecule has 0 radical (unpaired) electrons. The standard InChI is InChI=1S/C17H16ClNO4/c1-21-14-4-11(5-15(8-14)22-2)16(23-3)6-12-9-19-17(18)7-13(12)10-20/h4-10H,1-3H3/b16-6-. The van der Waals surface area contributed by atoms with E-state index < -0.39 is 0 Å². The van der Waals surface area contributed by atoms with Gasteiger partial charge in [0.25, 0.3) is 0 Å². The summed E-state index contributed by atoms with van der Waals surface area (Å²) in [7, 11) is 4.69. The van der Waals surface area contributed by atoms with Gasteiger partial charge in [-0.25, -0.2) is 4.98 Å². The number of hydrogen-bond donors (Lipinski definition) is 0. The third-order valence-electron chi connectivity index (χ3n) is 3.20. The summed E-state index contributed by atoms with van der Waals surface area (Å²) < 4.78 is 16.0. The summed E-state index contributed by atoms with van der Waals surface area (Å²) in [5.74, 6) is 1.80. The smallest absolute Gasteiger partial charge is 0.150 e. The molecular formula is C17H16ClNO4. The first kappa shape index (κ1) is 16.8. The summed E-state index contributed by atoms with van der Waals surface area (Å²) in [5.41, 5.74) is 1.77. The molecule has 6 heteroatoms. The molecule has 0 bridgehead atoms. The zero-order valence-corrected chi connectivity index (χ0v) is 13.8. The molecule has 0 unspecified atom stereocenters. The Labute approximate surface area is 139 Å². The van der Waals surface area contributed by atoms with Gasteiger partial charge in [0.05, 0.1) is 21.3 Å². The molecule has 0 saturated heterocycles. The lowest BCUT2D eigenvalue weighted by atomic mass is 10.1. The van der Waals surface area contributed by atoms with E-state index in [0.717, 1.165) is 11.8 Å². The van der Waals surface area contributed by atoms with Crippen LogP contribution in [0, 0.1) is 0 Å². The first-order chi connectivity index (χ1) is 11.1. The van der Waals surface area contributed by atoms with E-state index in [1.807, 2.05) is 12.1 Å². The summed E-state index contributed by atoms with van der Waals surface area (Å²) in [6, 6.07) is 6.88. The number of aldehydes is 1. The highest BCUT2D eigenvalue weighted by Gasteiger charge is 2.09. The average molecular weight is 334 g/mol. The van der Waals surface area contributed by atoms with Crippen molar-refractivity contribution in [1.29, 1.82) is 0 Å². The van der Waals surface area contributed by atoms with Crippen molar-refractivity contribution in [2.75, 3.05) is 21.3 Å². The Hall–Kier alpha value is -2.53. The maximum absolute atomic E-state index is 11.2. The molecule has 120 valence electrons. The molecule has 0 aliphatic heterocycles. The molecule has 0 atom stereocenters. The second-order valence-electron chi connectivity index (χ2n) is 4.57. The summed E-state index contributed by atoms with van der Waals surface area (Å²) >= 11 is 5.81. The minimum atomic E-state index is 0.256. The van der Waals surface area contributed by atoms with Crippen LogP contribution < -0.4 is 9.47 Å². The Morgan fingerprint density at radius 2 is 1.70 bits per heavy atom. The monoisotopic (exact) mass is 333 g/mol. The molecule has 0 amide bonds. The van der Waals surface area contributed by atoms with Crippen LogP contribution in [-0.4, -0.2) is 32.6 Å². The van der Waals surface area contributed by atoms with Crippen molar-refractivity contribution in [1.82, 2.24) is 4.98 Å². The molecular weight excluding hydrogens is 318 g/mol. The zero-order valence-electron chi connectivity index (χ0n) is 13.0. The lowest BCUT2D eigenvalue weighted by molar-refractivity contribution is 0.112. The van der Waals surface area contributed by atoms with Crippen LogP contribution in [0.25, 0.3) is 11.8 Å². The molecule has 1 aromatic carbocycles. The second kappa shape index (κ2) is 7.65. The number of rotatable bonds is 6. The zero-order chi connectivity index (χ0) is 16.8. The van der Waals surface area contributed by atoms with Gasteiger partial charge in [-0.1, -0.05) is 11.6 Å². The van der Waals surface area contributed by atoms with Crippen molar-refractivity contribution in [2.45, 2.75) is 0 Å². The second-order valence-corrected chi connectivity index (χ2v) is 4.96. The summed E-state index contributed by atoms with van der Waals surface area (Å²) in [6.45, 7) is 0. The number of halogens is 1. The predicted octanol–water partition coefficient (Wildman–Crippen LogP) is 3.71. The number of carbonyl (C=O) groups excluding carboxylic acids is 1. The molecule has 2 aromatic rings. The number of benzene rings is 1. The van der Waals surface area contributed by atoms with Crippen LogP contribution >= 0.6 is 11.6 Å². The van der Waals surface area contributed by atoms with Crippen LogP contribution in [0.3, 0.4) is 0 Å². The highest BCUT2D eigenvalue weighted by atomic mass is 35.5. The quantitative estimate of drug-likeness (QED) is 0.458. The number of methoxy groups -OCH3 is 3. The van der Waals surface area contributed by atoms with Crippen LogP contribution in [0.15, 0.2) is 30.5 Å². The molecule has 1 heterocycles. The van der Waals surface area contributed by atoms with Gasteiger partial charge in [0.1, 0.15) is 22.4 Å². The Morgan fingerprint density at radius 3 is 2.22 bits per heavy atom. The molecule has 2 rings (SSSR count). The number of pyridine rings is 1. The Balaban J connectivity index is 2.53. The van der Waals surface area contributed by atoms with E-state index in [-0.39, 0.29) is 5.15 Å². The molecule has 5 nitrogen and oxygen atoms in total. The molecule has 0 aliphatic carbocycles. The van der Waals surface area contributed by atoms with Crippen molar-refractivity contribution < 1.29 is 19.0 Å². The van der Waals surface area contributed by atoms with E-state index >= 15 is 0 Å². The van der Waals surface area contributed by atoms with Crippen molar-refractivity contribution in [3.63, 3.8) is 0 Å². The number of carbonyl (C=O) groups is 1. The van der Waals surface area contributed by atoms with Gasteiger partial charge in [-0.15, -0.1) is 0 Å². The molecule has 0 aliphatic rings. The van der Waals surface area contributed by atoms with Gasteiger partial charge < -0.3 is 14.2 Å². The van der Waals surface area contributed by atoms with E-state index in [1.54, 1.807) is 33.5 Å². The Kier molecular flexibility index (Phi) is 5.60. The number of nitrogens with zero attached hydrogens (tertiary/aromatic N) is 1. The SMILES string of the molecule is CO/C(=C\c1cnc(Cl)cc1C=O)c1cc(OC)cc(OC)c1. The van der Waals surface area contributed by atoms with E-state index in [2.05, 4.69) is 4.98 Å². The van der Waals surface area contributed by atoms with E-state index in [9.17, 15) is 4.79 Å². The number of ether oxygens (including phenoxy) is 3. The summed E-state index contributed by atoms with van der Waals surface area (Å²) in [4.78, 5) is 15.2. The fourth-order valence-electron chi connectivity index (χ4n) is 2.03. The van der Waals surface area contributed by atoms with Crippen LogP contribution in [-0.2, 0) is 4.74 Å². The van der Waals surface area contributed by atoms with E-state index in [0.29, 0.717) is 28.4 Å². The highest BCUT2D eigenvalue weighted by molar-refractivity contribution is 6.29. The van der Waals surface area contributed by atoms with Crippen LogP contribution in [0.5, 0.6) is 11.5 Å². The number of aromatic nitrogens is 1. The highest BCUT2D eigenvalue weighted by Crippen LogP contribution is 2.29. The van der Waals surface area contributed by atoms with Crippen molar-refractivity contribution in [3.05, 3.63) is 52.3 Å². The maximum Gasteiger partial charge on any atom is 0.150 e. The Morgan fingerprint density at radius 1 is 1.04 bits per heavy atom. The summed E-state index contributed by atoms with van der Waals surface area (Å²) in [5, 5.41) is 0.256. The lowest BCUT2D eigenvalue weighted by Gasteiger charge is -2.11. The predicted molar refractivity (Wildman–Crippen MR) is 89.1 cm³/mol. The van der Waals surface area contributed by atoms with Gasteiger partial charge in [-0.2, -0.15) is 0 Å².